The molecule has 0 aliphatic carbocycles. The average molecular weight is 280 g/mol. The lowest BCUT2D eigenvalue weighted by molar-refractivity contribution is 0.551. The van der Waals surface area contributed by atoms with Crippen LogP contribution in [0.5, 0.6) is 0 Å². The number of aryl methyl sites for hydroxylation is 1. The summed E-state index contributed by atoms with van der Waals surface area (Å²) in [4.78, 5) is 0. The molecule has 21 heavy (non-hydrogen) atoms. The number of rotatable bonds is 5. The van der Waals surface area contributed by atoms with Crippen molar-refractivity contribution in [2.75, 3.05) is 7.05 Å². The van der Waals surface area contributed by atoms with Gasteiger partial charge in [0.25, 0.3) is 0 Å². The van der Waals surface area contributed by atoms with Crippen molar-refractivity contribution in [2.24, 2.45) is 7.05 Å². The largest absolute Gasteiger partial charge is 0.316 e. The molecule has 0 saturated heterocycles. The van der Waals surface area contributed by atoms with Crippen LogP contribution < -0.4 is 5.32 Å². The second kappa shape index (κ2) is 6.06. The van der Waals surface area contributed by atoms with E-state index in [4.69, 9.17) is 0 Å². The fraction of sp³-hybridized carbons (Fsp3) is 0.294. The SMILES string of the molecule is CNC(Cc1cn(C)nn1)Cc1cccc2ccccc12. The van der Waals surface area contributed by atoms with Crippen LogP contribution in [0.2, 0.25) is 0 Å². The minimum atomic E-state index is 0.354. The molecule has 1 aromatic heterocycles. The number of hydrogen-bond donors (Lipinski definition) is 1. The summed E-state index contributed by atoms with van der Waals surface area (Å²) in [6.45, 7) is 0. The van der Waals surface area contributed by atoms with Gasteiger partial charge in [-0.3, -0.25) is 4.68 Å². The maximum Gasteiger partial charge on any atom is 0.0842 e. The second-order valence-corrected chi connectivity index (χ2v) is 5.42. The molecule has 0 spiro atoms. The number of aromatic nitrogens is 3. The minimum absolute atomic E-state index is 0.354. The zero-order chi connectivity index (χ0) is 14.7. The lowest BCUT2D eigenvalue weighted by atomic mass is 9.97. The Morgan fingerprint density at radius 2 is 1.90 bits per heavy atom. The van der Waals surface area contributed by atoms with E-state index >= 15 is 0 Å². The molecule has 4 heteroatoms. The third kappa shape index (κ3) is 3.11. The number of likely N-dealkylation sites (N-methyl/N-ethyl adjacent to an activating group) is 1. The van der Waals surface area contributed by atoms with Crippen LogP contribution in [0.3, 0.4) is 0 Å². The van der Waals surface area contributed by atoms with Crippen LogP contribution >= 0.6 is 0 Å². The molecule has 2 aromatic carbocycles. The Bertz CT molecular complexity index is 727. The molecule has 0 saturated carbocycles. The minimum Gasteiger partial charge on any atom is -0.316 e. The standard InChI is InChI=1S/C17H20N4/c1-18-15(11-16-12-21(2)20-19-16)10-14-8-5-7-13-6-3-4-9-17(13)14/h3-9,12,15,18H,10-11H2,1-2H3. The summed E-state index contributed by atoms with van der Waals surface area (Å²) in [5.74, 6) is 0. The molecule has 0 radical (unpaired) electrons. The molecule has 0 fully saturated rings. The summed E-state index contributed by atoms with van der Waals surface area (Å²) in [6, 6.07) is 15.4. The van der Waals surface area contributed by atoms with Gasteiger partial charge >= 0.3 is 0 Å². The van der Waals surface area contributed by atoms with Crippen LogP contribution in [0.15, 0.2) is 48.7 Å². The third-order valence-electron chi connectivity index (χ3n) is 3.86. The van der Waals surface area contributed by atoms with E-state index in [1.807, 2.05) is 20.3 Å². The first kappa shape index (κ1) is 13.8. The molecule has 0 aliphatic rings. The fourth-order valence-electron chi connectivity index (χ4n) is 2.75. The van der Waals surface area contributed by atoms with Crippen molar-refractivity contribution in [3.05, 3.63) is 59.9 Å². The van der Waals surface area contributed by atoms with Gasteiger partial charge in [-0.15, -0.1) is 5.10 Å². The van der Waals surface area contributed by atoms with Gasteiger partial charge in [0.05, 0.1) is 5.69 Å². The fourth-order valence-corrected chi connectivity index (χ4v) is 2.75. The normalized spacial score (nSPS) is 12.7. The first-order chi connectivity index (χ1) is 10.3. The van der Waals surface area contributed by atoms with E-state index in [0.717, 1.165) is 18.5 Å². The Kier molecular flexibility index (Phi) is 3.97. The van der Waals surface area contributed by atoms with Crippen LogP contribution in [0.4, 0.5) is 0 Å². The molecule has 1 unspecified atom stereocenters. The summed E-state index contributed by atoms with van der Waals surface area (Å²) in [5.41, 5.74) is 2.40. The Balaban J connectivity index is 1.82. The number of hydrogen-bond acceptors (Lipinski definition) is 3. The molecular formula is C17H20N4. The first-order valence-corrected chi connectivity index (χ1v) is 7.25. The topological polar surface area (TPSA) is 42.7 Å². The van der Waals surface area contributed by atoms with Crippen molar-refractivity contribution in [3.63, 3.8) is 0 Å². The highest BCUT2D eigenvalue weighted by Gasteiger charge is 2.12. The average Bonchev–Trinajstić information content (AvgIpc) is 2.92. The molecule has 0 aliphatic heterocycles. The van der Waals surface area contributed by atoms with Gasteiger partial charge in [-0.2, -0.15) is 0 Å². The van der Waals surface area contributed by atoms with Gasteiger partial charge in [-0.1, -0.05) is 47.7 Å². The molecule has 0 bridgehead atoms. The van der Waals surface area contributed by atoms with E-state index < -0.39 is 0 Å². The van der Waals surface area contributed by atoms with E-state index in [1.54, 1.807) is 4.68 Å². The quantitative estimate of drug-likeness (QED) is 0.780. The lowest BCUT2D eigenvalue weighted by Crippen LogP contribution is -2.30. The lowest BCUT2D eigenvalue weighted by Gasteiger charge is -2.16. The Morgan fingerprint density at radius 1 is 1.10 bits per heavy atom. The maximum absolute atomic E-state index is 4.18. The molecule has 1 N–H and O–H groups in total. The van der Waals surface area contributed by atoms with E-state index in [2.05, 4.69) is 58.1 Å². The highest BCUT2D eigenvalue weighted by molar-refractivity contribution is 5.85. The van der Waals surface area contributed by atoms with Crippen LogP contribution in [-0.4, -0.2) is 28.1 Å². The van der Waals surface area contributed by atoms with Crippen molar-refractivity contribution in [1.82, 2.24) is 20.3 Å². The van der Waals surface area contributed by atoms with Crippen LogP contribution in [0.1, 0.15) is 11.3 Å². The molecule has 0 amide bonds. The predicted octanol–water partition coefficient (Wildman–Crippen LogP) is 2.34. The maximum atomic E-state index is 4.18. The molecular weight excluding hydrogens is 260 g/mol. The Morgan fingerprint density at radius 3 is 2.67 bits per heavy atom. The molecule has 3 rings (SSSR count). The van der Waals surface area contributed by atoms with E-state index in [1.165, 1.54) is 16.3 Å². The highest BCUT2D eigenvalue weighted by Crippen LogP contribution is 2.20. The van der Waals surface area contributed by atoms with Crippen molar-refractivity contribution < 1.29 is 0 Å². The predicted molar refractivity (Wildman–Crippen MR) is 85.2 cm³/mol. The zero-order valence-electron chi connectivity index (χ0n) is 12.5. The van der Waals surface area contributed by atoms with Gasteiger partial charge in [-0.25, -0.2) is 0 Å². The van der Waals surface area contributed by atoms with E-state index in [-0.39, 0.29) is 0 Å². The highest BCUT2D eigenvalue weighted by atomic mass is 15.4. The monoisotopic (exact) mass is 280 g/mol. The molecule has 1 heterocycles. The van der Waals surface area contributed by atoms with Crippen molar-refractivity contribution in [3.8, 4) is 0 Å². The molecule has 4 nitrogen and oxygen atoms in total. The number of nitrogens with zero attached hydrogens (tertiary/aromatic N) is 3. The number of fused-ring (bicyclic) bond motifs is 1. The summed E-state index contributed by atoms with van der Waals surface area (Å²) in [6.07, 6.45) is 3.84. The Hall–Kier alpha value is -2.20. The van der Waals surface area contributed by atoms with Crippen LogP contribution in [0.25, 0.3) is 10.8 Å². The second-order valence-electron chi connectivity index (χ2n) is 5.42. The van der Waals surface area contributed by atoms with Crippen molar-refractivity contribution >= 4 is 10.8 Å². The Labute approximate surface area is 124 Å². The van der Waals surface area contributed by atoms with Gasteiger partial charge in [0.2, 0.25) is 0 Å². The van der Waals surface area contributed by atoms with Gasteiger partial charge in [0.15, 0.2) is 0 Å². The zero-order valence-corrected chi connectivity index (χ0v) is 12.5. The summed E-state index contributed by atoms with van der Waals surface area (Å²) >= 11 is 0. The van der Waals surface area contributed by atoms with Crippen molar-refractivity contribution in [2.45, 2.75) is 18.9 Å². The number of benzene rings is 2. The molecule has 3 aromatic rings. The van der Waals surface area contributed by atoms with Crippen molar-refractivity contribution in [1.29, 1.82) is 0 Å². The summed E-state index contributed by atoms with van der Waals surface area (Å²) < 4.78 is 1.75. The van der Waals surface area contributed by atoms with Gasteiger partial charge in [-0.05, 0) is 29.8 Å². The van der Waals surface area contributed by atoms with Crippen LogP contribution in [0, 0.1) is 0 Å². The van der Waals surface area contributed by atoms with Gasteiger partial charge < -0.3 is 5.32 Å². The van der Waals surface area contributed by atoms with E-state index in [9.17, 15) is 0 Å². The smallest absolute Gasteiger partial charge is 0.0842 e. The van der Waals surface area contributed by atoms with Gasteiger partial charge in [0, 0.05) is 25.7 Å². The molecule has 1 atom stereocenters. The van der Waals surface area contributed by atoms with Gasteiger partial charge in [0.1, 0.15) is 0 Å². The molecule has 108 valence electrons. The summed E-state index contributed by atoms with van der Waals surface area (Å²) in [7, 11) is 3.90. The van der Waals surface area contributed by atoms with Crippen LogP contribution in [-0.2, 0) is 19.9 Å². The first-order valence-electron chi connectivity index (χ1n) is 7.25. The summed E-state index contributed by atoms with van der Waals surface area (Å²) in [5, 5.41) is 14.2. The third-order valence-corrected chi connectivity index (χ3v) is 3.86. The number of nitrogens with one attached hydrogen (secondary N) is 1. The van der Waals surface area contributed by atoms with E-state index in [0.29, 0.717) is 6.04 Å².